The summed E-state index contributed by atoms with van der Waals surface area (Å²) < 4.78 is 11.6. The zero-order valence-electron chi connectivity index (χ0n) is 15.0. The Labute approximate surface area is 173 Å². The molecule has 1 aliphatic rings. The lowest BCUT2D eigenvalue weighted by atomic mass is 10.1. The van der Waals surface area contributed by atoms with Crippen LogP contribution >= 0.6 is 23.2 Å². The number of rotatable bonds is 4. The maximum atomic E-state index is 12.6. The van der Waals surface area contributed by atoms with E-state index in [4.69, 9.17) is 32.7 Å². The van der Waals surface area contributed by atoms with Crippen molar-refractivity contribution >= 4 is 35.1 Å². The van der Waals surface area contributed by atoms with Gasteiger partial charge >= 0.3 is 0 Å². The molecule has 0 bridgehead atoms. The van der Waals surface area contributed by atoms with Gasteiger partial charge in [-0.05, 0) is 48.4 Å². The summed E-state index contributed by atoms with van der Waals surface area (Å²) >= 11 is 12.0. The number of carbonyl (C=O) groups excluding carboxylic acids is 1. The topological polar surface area (TPSA) is 35.5 Å². The van der Waals surface area contributed by atoms with Crippen molar-refractivity contribution in [1.82, 2.24) is 0 Å². The van der Waals surface area contributed by atoms with E-state index in [1.165, 1.54) is 0 Å². The van der Waals surface area contributed by atoms with E-state index in [0.29, 0.717) is 39.5 Å². The molecule has 3 aromatic rings. The zero-order chi connectivity index (χ0) is 19.7. The molecule has 0 radical (unpaired) electrons. The molecule has 3 aromatic carbocycles. The third-order valence-electron chi connectivity index (χ3n) is 4.41. The van der Waals surface area contributed by atoms with Crippen LogP contribution in [0.3, 0.4) is 0 Å². The fourth-order valence-corrected chi connectivity index (χ4v) is 3.19. The van der Waals surface area contributed by atoms with Crippen LogP contribution in [0, 0.1) is 6.92 Å². The summed E-state index contributed by atoms with van der Waals surface area (Å²) in [6.45, 7) is 2.35. The second kappa shape index (κ2) is 7.70. The average Bonchev–Trinajstić information content (AvgIpc) is 2.99. The lowest BCUT2D eigenvalue weighted by Gasteiger charge is -2.08. The monoisotopic (exact) mass is 410 g/mol. The van der Waals surface area contributed by atoms with E-state index in [-0.39, 0.29) is 5.78 Å². The van der Waals surface area contributed by atoms with E-state index in [0.717, 1.165) is 16.7 Å². The van der Waals surface area contributed by atoms with Crippen LogP contribution in [0.4, 0.5) is 0 Å². The van der Waals surface area contributed by atoms with Gasteiger partial charge in [0.1, 0.15) is 18.1 Å². The molecule has 0 saturated carbocycles. The number of benzene rings is 3. The number of ketones is 1. The Hall–Kier alpha value is -2.75. The predicted molar refractivity (Wildman–Crippen MR) is 111 cm³/mol. The molecule has 0 unspecified atom stereocenters. The molecule has 4 rings (SSSR count). The number of allylic oxidation sites excluding steroid dienone is 1. The molecular formula is C23H16Cl2O3. The summed E-state index contributed by atoms with van der Waals surface area (Å²) in [6.07, 6.45) is 1.75. The molecule has 0 fully saturated rings. The van der Waals surface area contributed by atoms with Crippen molar-refractivity contribution in [2.75, 3.05) is 0 Å². The molecule has 0 N–H and O–H groups in total. The number of Topliss-reactive ketones (excluding diaryl/α,β-unsaturated/α-hetero) is 1. The molecule has 3 nitrogen and oxygen atoms in total. The van der Waals surface area contributed by atoms with Crippen molar-refractivity contribution in [2.45, 2.75) is 13.5 Å². The standard InChI is InChI=1S/C23H16Cl2O3/c1-14-2-4-15(5-3-14)11-22-23(26)18-8-7-17(12-21(18)28-22)27-13-16-6-9-19(24)20(25)10-16/h2-12H,13H2,1H3/b22-11-. The lowest BCUT2D eigenvalue weighted by Crippen LogP contribution is -1.98. The van der Waals surface area contributed by atoms with Gasteiger partial charge in [-0.25, -0.2) is 0 Å². The van der Waals surface area contributed by atoms with Crippen LogP contribution in [0.15, 0.2) is 66.4 Å². The van der Waals surface area contributed by atoms with Crippen LogP contribution in [0.25, 0.3) is 6.08 Å². The highest BCUT2D eigenvalue weighted by molar-refractivity contribution is 6.42. The largest absolute Gasteiger partial charge is 0.489 e. The van der Waals surface area contributed by atoms with Crippen LogP contribution in [0.1, 0.15) is 27.0 Å². The van der Waals surface area contributed by atoms with E-state index < -0.39 is 0 Å². The quantitative estimate of drug-likeness (QED) is 0.460. The summed E-state index contributed by atoms with van der Waals surface area (Å²) in [5.41, 5.74) is 3.50. The number of ether oxygens (including phenoxy) is 2. The van der Waals surface area contributed by atoms with Gasteiger partial charge in [0.05, 0.1) is 15.6 Å². The van der Waals surface area contributed by atoms with Gasteiger partial charge in [-0.2, -0.15) is 0 Å². The minimum Gasteiger partial charge on any atom is -0.489 e. The van der Waals surface area contributed by atoms with Gasteiger partial charge < -0.3 is 9.47 Å². The van der Waals surface area contributed by atoms with E-state index >= 15 is 0 Å². The maximum absolute atomic E-state index is 12.6. The average molecular weight is 411 g/mol. The number of fused-ring (bicyclic) bond motifs is 1. The van der Waals surface area contributed by atoms with Crippen molar-refractivity contribution in [3.8, 4) is 11.5 Å². The van der Waals surface area contributed by atoms with Gasteiger partial charge in [0.15, 0.2) is 5.76 Å². The first-order valence-corrected chi connectivity index (χ1v) is 9.47. The number of halogens is 2. The normalized spacial score (nSPS) is 14.1. The summed E-state index contributed by atoms with van der Waals surface area (Å²) in [4.78, 5) is 12.6. The zero-order valence-corrected chi connectivity index (χ0v) is 16.6. The highest BCUT2D eigenvalue weighted by Gasteiger charge is 2.27. The smallest absolute Gasteiger partial charge is 0.231 e. The van der Waals surface area contributed by atoms with Crippen molar-refractivity contribution in [3.05, 3.63) is 98.7 Å². The van der Waals surface area contributed by atoms with Gasteiger partial charge in [-0.1, -0.05) is 59.1 Å². The van der Waals surface area contributed by atoms with Crippen molar-refractivity contribution in [1.29, 1.82) is 0 Å². The van der Waals surface area contributed by atoms with Crippen molar-refractivity contribution < 1.29 is 14.3 Å². The van der Waals surface area contributed by atoms with E-state index in [9.17, 15) is 4.79 Å². The van der Waals surface area contributed by atoms with Gasteiger partial charge in [0.25, 0.3) is 0 Å². The lowest BCUT2D eigenvalue weighted by molar-refractivity contribution is 0.101. The van der Waals surface area contributed by atoms with Crippen LogP contribution in [-0.4, -0.2) is 5.78 Å². The fraction of sp³-hybridized carbons (Fsp3) is 0.0870. The predicted octanol–water partition coefficient (Wildman–Crippen LogP) is 6.50. The molecule has 140 valence electrons. The first-order chi connectivity index (χ1) is 13.5. The molecule has 0 aliphatic carbocycles. The van der Waals surface area contributed by atoms with E-state index in [1.54, 1.807) is 36.4 Å². The van der Waals surface area contributed by atoms with Crippen LogP contribution in [-0.2, 0) is 6.61 Å². The molecule has 0 aromatic heterocycles. The van der Waals surface area contributed by atoms with Crippen molar-refractivity contribution in [3.63, 3.8) is 0 Å². The van der Waals surface area contributed by atoms with Crippen LogP contribution < -0.4 is 9.47 Å². The van der Waals surface area contributed by atoms with Crippen LogP contribution in [0.5, 0.6) is 11.5 Å². The molecule has 0 amide bonds. The van der Waals surface area contributed by atoms with Crippen molar-refractivity contribution in [2.24, 2.45) is 0 Å². The Morgan fingerprint density at radius 2 is 1.75 bits per heavy atom. The van der Waals surface area contributed by atoms with E-state index in [1.807, 2.05) is 37.3 Å². The molecule has 0 atom stereocenters. The summed E-state index contributed by atoms with van der Waals surface area (Å²) in [6, 6.07) is 18.4. The molecule has 0 saturated heterocycles. The molecule has 28 heavy (non-hydrogen) atoms. The number of aryl methyl sites for hydroxylation is 1. The highest BCUT2D eigenvalue weighted by atomic mass is 35.5. The molecule has 1 aliphatic heterocycles. The number of hydrogen-bond acceptors (Lipinski definition) is 3. The first kappa shape index (κ1) is 18.6. The number of hydrogen-bond donors (Lipinski definition) is 0. The molecule has 0 spiro atoms. The minimum absolute atomic E-state index is 0.133. The Morgan fingerprint density at radius 3 is 2.50 bits per heavy atom. The van der Waals surface area contributed by atoms with Gasteiger partial charge in [0.2, 0.25) is 5.78 Å². The Kier molecular flexibility index (Phi) is 5.12. The summed E-state index contributed by atoms with van der Waals surface area (Å²) in [5, 5.41) is 0.985. The maximum Gasteiger partial charge on any atom is 0.231 e. The minimum atomic E-state index is -0.133. The van der Waals surface area contributed by atoms with E-state index in [2.05, 4.69) is 0 Å². The summed E-state index contributed by atoms with van der Waals surface area (Å²) in [7, 11) is 0. The summed E-state index contributed by atoms with van der Waals surface area (Å²) in [5.74, 6) is 1.27. The first-order valence-electron chi connectivity index (χ1n) is 8.71. The Morgan fingerprint density at radius 1 is 0.964 bits per heavy atom. The SMILES string of the molecule is Cc1ccc(/C=C2\Oc3cc(OCc4ccc(Cl)c(Cl)c4)ccc3C2=O)cc1. The number of carbonyl (C=O) groups is 1. The Bertz CT molecular complexity index is 1090. The molecular weight excluding hydrogens is 395 g/mol. The molecule has 5 heteroatoms. The highest BCUT2D eigenvalue weighted by Crippen LogP contribution is 2.35. The second-order valence-electron chi connectivity index (χ2n) is 6.55. The van der Waals surface area contributed by atoms with Gasteiger partial charge in [0, 0.05) is 6.07 Å². The molecule has 1 heterocycles. The third-order valence-corrected chi connectivity index (χ3v) is 5.15. The van der Waals surface area contributed by atoms with Gasteiger partial charge in [-0.3, -0.25) is 4.79 Å². The van der Waals surface area contributed by atoms with Gasteiger partial charge in [-0.15, -0.1) is 0 Å². The third kappa shape index (κ3) is 3.91. The fourth-order valence-electron chi connectivity index (χ4n) is 2.87. The second-order valence-corrected chi connectivity index (χ2v) is 7.36. The Balaban J connectivity index is 1.50. The van der Waals surface area contributed by atoms with Crippen LogP contribution in [0.2, 0.25) is 10.0 Å².